The molecule has 19 rings (SSSR count). The fourth-order valence-corrected chi connectivity index (χ4v) is 22.7. The Morgan fingerprint density at radius 1 is 0.434 bits per heavy atom. The summed E-state index contributed by atoms with van der Waals surface area (Å²) in [4.78, 5) is 195. The number of nitrogens with zero attached hydrogens (tertiary/aromatic N) is 5. The molecule has 5 heterocycles. The number of fused-ring (bicyclic) bond motifs is 12. The maximum absolute atomic E-state index is 14.8. The smallest absolute Gasteiger partial charge is 0.404 e. The highest BCUT2D eigenvalue weighted by Crippen LogP contribution is 2.77. The first-order chi connectivity index (χ1) is 60.8. The van der Waals surface area contributed by atoms with Crippen molar-refractivity contribution in [2.75, 3.05) is 86.5 Å². The molecule has 0 aromatic heterocycles. The summed E-state index contributed by atoms with van der Waals surface area (Å²) in [5.74, 6) is -4.06. The zero-order chi connectivity index (χ0) is 91.5. The number of halogens is 4. The molecule has 36 heteroatoms. The van der Waals surface area contributed by atoms with E-state index in [0.29, 0.717) is 132 Å². The SMILES string of the molecule is C.CC(C)[C@H](N)C(=O)N[C@@H](C)C(=O)Nc1cc2c(c3ccccc13)[C@H](CCl)CN2C(=O)C12CC(C(=O)N3C[C@@H](CCl)c4c3cc(OP(=O)(O)O)c3ccccc43)(C1)C2.CC(C)[C@H](NC(=O)CCCCCN1C(=O)C=CC1=O)C(=O)N[C@@H](C)C(=O)Nc1cc2c(c3ccccc13)[C@H](CCl)CN2C(=O)C12CC(C(=O)N3C[C@@H](CCl)c4c3cc(OP(=O)(O)O)c3ccccc43)(C1)C2. The number of nitrogens with one attached hydrogen (secondary N) is 5. The monoisotopic (exact) mass is 1880 g/mol. The van der Waals surface area contributed by atoms with Crippen molar-refractivity contribution in [1.29, 1.82) is 0 Å². The Bertz CT molecular complexity index is 6080. The number of phosphoric ester groups is 2. The predicted octanol–water partition coefficient (Wildman–Crippen LogP) is 13.5. The van der Waals surface area contributed by atoms with Crippen LogP contribution in [0.3, 0.4) is 0 Å². The van der Waals surface area contributed by atoms with Gasteiger partial charge in [0.2, 0.25) is 53.2 Å². The van der Waals surface area contributed by atoms with Gasteiger partial charge < -0.3 is 61.0 Å². The minimum absolute atomic E-state index is 0. The van der Waals surface area contributed by atoms with Gasteiger partial charge >= 0.3 is 15.6 Å². The average molecular weight is 1880 g/mol. The maximum Gasteiger partial charge on any atom is 0.524 e. The van der Waals surface area contributed by atoms with Crippen molar-refractivity contribution in [3.63, 3.8) is 0 Å². The highest BCUT2D eigenvalue weighted by Gasteiger charge is 2.78. The summed E-state index contributed by atoms with van der Waals surface area (Å²) in [6.45, 7) is 11.8. The Balaban J connectivity index is 0.000000201. The van der Waals surface area contributed by atoms with E-state index in [9.17, 15) is 81.4 Å². The summed E-state index contributed by atoms with van der Waals surface area (Å²) in [5.41, 5.74) is 9.33. The van der Waals surface area contributed by atoms with Gasteiger partial charge in [-0.1, -0.05) is 139 Å². The van der Waals surface area contributed by atoms with Crippen molar-refractivity contribution in [1.82, 2.24) is 20.9 Å². The molecule has 8 aromatic rings. The highest BCUT2D eigenvalue weighted by molar-refractivity contribution is 7.47. The van der Waals surface area contributed by atoms with Gasteiger partial charge in [-0.05, 0) is 133 Å². The van der Waals surface area contributed by atoms with Gasteiger partial charge in [0.1, 0.15) is 29.6 Å². The van der Waals surface area contributed by atoms with Gasteiger partial charge in [0, 0.05) is 144 Å². The molecular formula is C93H103Cl4N11O19P2. The molecule has 5 aliphatic heterocycles. The van der Waals surface area contributed by atoms with E-state index in [0.717, 1.165) is 43.3 Å². The van der Waals surface area contributed by atoms with E-state index in [1.165, 1.54) is 24.3 Å². The third-order valence-electron chi connectivity index (χ3n) is 27.1. The summed E-state index contributed by atoms with van der Waals surface area (Å²) in [6, 6.07) is 32.2. The van der Waals surface area contributed by atoms with Crippen molar-refractivity contribution < 1.29 is 90.5 Å². The van der Waals surface area contributed by atoms with Crippen LogP contribution in [0, 0.1) is 33.5 Å². The van der Waals surface area contributed by atoms with E-state index in [1.807, 2.05) is 80.6 Å². The van der Waals surface area contributed by atoms with E-state index in [4.69, 9.17) is 61.2 Å². The third-order valence-corrected chi connectivity index (χ3v) is 29.5. The number of rotatable bonds is 29. The van der Waals surface area contributed by atoms with Gasteiger partial charge in [0.25, 0.3) is 11.8 Å². The number of imide groups is 1. The van der Waals surface area contributed by atoms with Crippen LogP contribution in [0.4, 0.5) is 34.1 Å². The van der Waals surface area contributed by atoms with Gasteiger partial charge in [0.15, 0.2) is 0 Å². The quantitative estimate of drug-likeness (QED) is 0.00901. The molecular weight excluding hydrogens is 1780 g/mol. The highest BCUT2D eigenvalue weighted by atomic mass is 35.5. The molecule has 682 valence electrons. The lowest BCUT2D eigenvalue weighted by Crippen LogP contribution is -2.73. The first-order valence-electron chi connectivity index (χ1n) is 42.9. The standard InChI is InChI=1S/C51H55Cl2N6O11P.C41H44Cl2N5O8P.CH4/c1-28(2)45(56-40(60)15-5-4-10-18-57-41(61)16-17-42(57)62)47(64)54-29(3)46(63)55-36-19-37-43(34-13-8-6-11-32(34)36)30(21-52)23-58(37)48(65)50-25-51(26-50,27-50)49(66)59-24-31(22-53)44-35-14-9-7-12-33(35)39(20-38(44)59)70-71(67,68)69;1-21(2)35(44)37(50)45-22(3)36(49)46-29-12-30-33(27-10-6-4-8-25(27)29)23(14-42)16-47(30)38(51)40-18-41(19-40,20-40)39(52)48-17-24(15-43)34-28-11-7-5-9-26(28)32(13-31(34)48)56-57(53,54)55;/h6-9,11-14,16-17,19-20,28-31,45H,4-5,10,15,18,21-27H2,1-3H3,(H,54,64)(H,55,63)(H,56,60)(H2,67,68,69);4-13,21-24,35H,14-20,44H2,1-3H3,(H,45,50)(H,46,49)(H2,53,54,55);1H4/t29-,30+,31+,45-,50?,51?;22-,23+,24+,35-,40?,41?;/m00./s1. The number of benzene rings is 8. The van der Waals surface area contributed by atoms with E-state index < -0.39 is 85.1 Å². The lowest BCUT2D eigenvalue weighted by atomic mass is 9.34. The lowest BCUT2D eigenvalue weighted by Gasteiger charge is -2.69. The molecule has 8 aromatic carbocycles. The molecule has 0 spiro atoms. The number of carbonyl (C=O) groups excluding carboxylic acids is 11. The van der Waals surface area contributed by atoms with Crippen molar-refractivity contribution in [2.24, 2.45) is 39.2 Å². The number of unbranched alkanes of at least 4 members (excludes halogenated alkanes) is 2. The molecule has 0 saturated heterocycles. The van der Waals surface area contributed by atoms with Gasteiger partial charge in [-0.2, -0.15) is 0 Å². The van der Waals surface area contributed by atoms with Crippen LogP contribution in [-0.4, -0.2) is 170 Å². The van der Waals surface area contributed by atoms with Crippen LogP contribution in [0.1, 0.15) is 159 Å². The molecule has 6 saturated carbocycles. The van der Waals surface area contributed by atoms with E-state index in [2.05, 4.69) is 26.6 Å². The number of anilines is 6. The average Bonchev–Trinajstić information content (AvgIpc) is 1.61. The summed E-state index contributed by atoms with van der Waals surface area (Å²) in [6.07, 6.45) is 6.16. The third kappa shape index (κ3) is 17.0. The predicted molar refractivity (Wildman–Crippen MR) is 495 cm³/mol. The molecule has 8 atom stereocenters. The molecule has 0 unspecified atom stereocenters. The van der Waals surface area contributed by atoms with Crippen LogP contribution in [0.5, 0.6) is 11.5 Å². The molecule has 6 fully saturated rings. The zero-order valence-electron chi connectivity index (χ0n) is 71.0. The van der Waals surface area contributed by atoms with Crippen molar-refractivity contribution in [2.45, 2.75) is 161 Å². The van der Waals surface area contributed by atoms with E-state index in [1.54, 1.807) is 89.8 Å². The molecule has 6 aliphatic carbocycles. The number of phosphoric acid groups is 2. The Kier molecular flexibility index (Phi) is 26.0. The van der Waals surface area contributed by atoms with Crippen molar-refractivity contribution in [3.05, 3.63) is 156 Å². The lowest BCUT2D eigenvalue weighted by molar-refractivity contribution is -0.205. The number of carbonyl (C=O) groups is 11. The fourth-order valence-electron chi connectivity index (χ4n) is 20.9. The summed E-state index contributed by atoms with van der Waals surface area (Å²) >= 11 is 26.1. The Morgan fingerprint density at radius 2 is 0.744 bits per heavy atom. The number of hydrogen-bond donors (Lipinski definition) is 10. The first-order valence-corrected chi connectivity index (χ1v) is 48.1. The molecule has 11 aliphatic rings. The molecule has 0 radical (unpaired) electrons. The Hall–Kier alpha value is -10.1. The van der Waals surface area contributed by atoms with Crippen LogP contribution in [-0.2, 0) is 61.9 Å². The molecule has 129 heavy (non-hydrogen) atoms. The molecule has 11 amide bonds. The van der Waals surface area contributed by atoms with Gasteiger partial charge in [0.05, 0.1) is 50.5 Å². The van der Waals surface area contributed by atoms with E-state index >= 15 is 0 Å². The van der Waals surface area contributed by atoms with Crippen molar-refractivity contribution in [3.8, 4) is 11.5 Å². The summed E-state index contributed by atoms with van der Waals surface area (Å²) in [7, 11) is -9.88. The largest absolute Gasteiger partial charge is 0.524 e. The zero-order valence-corrected chi connectivity index (χ0v) is 75.9. The second kappa shape index (κ2) is 35.9. The molecule has 11 N–H and O–H groups in total. The van der Waals surface area contributed by atoms with Gasteiger partial charge in [-0.3, -0.25) is 77.2 Å². The van der Waals surface area contributed by atoms with Crippen LogP contribution in [0.25, 0.3) is 43.1 Å². The number of alkyl halides is 4. The Labute approximate surface area is 764 Å². The normalized spacial score (nSPS) is 23.3. The molecule has 4 bridgehead atoms. The van der Waals surface area contributed by atoms with Crippen LogP contribution in [0.2, 0.25) is 0 Å². The minimum atomic E-state index is -4.96. The number of hydrogen-bond acceptors (Lipinski definition) is 16. The number of amides is 11. The van der Waals surface area contributed by atoms with Crippen LogP contribution in [0.15, 0.2) is 133 Å². The number of nitrogens with two attached hydrogens (primary N) is 1. The minimum Gasteiger partial charge on any atom is -0.404 e. The first kappa shape index (κ1) is 93.6. The summed E-state index contributed by atoms with van der Waals surface area (Å²) < 4.78 is 34.2. The van der Waals surface area contributed by atoms with Crippen LogP contribution < -0.4 is 61.0 Å². The van der Waals surface area contributed by atoms with Crippen LogP contribution >= 0.6 is 62.0 Å². The second-order valence-electron chi connectivity index (χ2n) is 36.4. The Morgan fingerprint density at radius 3 is 1.06 bits per heavy atom. The maximum atomic E-state index is 14.8. The fraction of sp³-hybridized carbons (Fsp3) is 0.430. The van der Waals surface area contributed by atoms with Crippen molar-refractivity contribution >= 4 is 204 Å². The topological polar surface area (TPSA) is 424 Å². The second-order valence-corrected chi connectivity index (χ2v) is 40.0. The summed E-state index contributed by atoms with van der Waals surface area (Å²) in [5, 5.41) is 19.7. The molecule has 30 nitrogen and oxygen atoms in total. The van der Waals surface area contributed by atoms with E-state index in [-0.39, 0.29) is 145 Å². The van der Waals surface area contributed by atoms with Gasteiger partial charge in [-0.15, -0.1) is 46.4 Å². The van der Waals surface area contributed by atoms with Gasteiger partial charge in [-0.25, -0.2) is 9.13 Å².